The number of carbonyl (C=O) groups excluding carboxylic acids is 1. The van der Waals surface area contributed by atoms with Gasteiger partial charge in [-0.1, -0.05) is 0 Å². The lowest BCUT2D eigenvalue weighted by Gasteiger charge is -2.29. The zero-order valence-corrected chi connectivity index (χ0v) is 16.4. The van der Waals surface area contributed by atoms with Crippen molar-refractivity contribution in [3.63, 3.8) is 0 Å². The third-order valence-corrected chi connectivity index (χ3v) is 4.66. The molecule has 1 aromatic rings. The highest BCUT2D eigenvalue weighted by Gasteiger charge is 2.25. The zero-order chi connectivity index (χ0) is 18.9. The van der Waals surface area contributed by atoms with E-state index >= 15 is 0 Å². The molecule has 1 aliphatic heterocycles. The van der Waals surface area contributed by atoms with Crippen LogP contribution in [0.15, 0.2) is 18.2 Å². The summed E-state index contributed by atoms with van der Waals surface area (Å²) in [5, 5.41) is 3.37. The monoisotopic (exact) mass is 364 g/mol. The molecule has 1 aliphatic rings. The van der Waals surface area contributed by atoms with Gasteiger partial charge in [-0.2, -0.15) is 0 Å². The molecular formula is C20H32N2O4. The Morgan fingerprint density at radius 2 is 2.08 bits per heavy atom. The van der Waals surface area contributed by atoms with Crippen molar-refractivity contribution in [2.75, 3.05) is 47.1 Å². The van der Waals surface area contributed by atoms with Gasteiger partial charge in [-0.15, -0.1) is 0 Å². The van der Waals surface area contributed by atoms with E-state index in [2.05, 4.69) is 19.2 Å². The Bertz CT molecular complexity index is 571. The molecule has 1 fully saturated rings. The topological polar surface area (TPSA) is 60.0 Å². The lowest BCUT2D eigenvalue weighted by molar-refractivity contribution is 0.0676. The van der Waals surface area contributed by atoms with Gasteiger partial charge in [-0.05, 0) is 57.5 Å². The Morgan fingerprint density at radius 3 is 2.69 bits per heavy atom. The molecule has 2 rings (SSSR count). The molecule has 1 N–H and O–H groups in total. The summed E-state index contributed by atoms with van der Waals surface area (Å²) in [7, 11) is 3.27. The molecule has 1 amide bonds. The van der Waals surface area contributed by atoms with Crippen LogP contribution < -0.4 is 14.8 Å². The molecule has 146 valence electrons. The first-order valence-corrected chi connectivity index (χ1v) is 9.38. The summed E-state index contributed by atoms with van der Waals surface area (Å²) in [6.07, 6.45) is 1.90. The Labute approximate surface area is 156 Å². The predicted octanol–water partition coefficient (Wildman–Crippen LogP) is 2.57. The number of carbonyl (C=O) groups is 1. The molecular weight excluding hydrogens is 332 g/mol. The van der Waals surface area contributed by atoms with Crippen LogP contribution in [0.2, 0.25) is 0 Å². The number of nitrogens with one attached hydrogen (secondary N) is 1. The van der Waals surface area contributed by atoms with Gasteiger partial charge in [-0.3, -0.25) is 4.79 Å². The van der Waals surface area contributed by atoms with Crippen molar-refractivity contribution >= 4 is 5.91 Å². The van der Waals surface area contributed by atoms with Crippen LogP contribution in [0, 0.1) is 5.92 Å². The first kappa shape index (κ1) is 20.5. The third-order valence-electron chi connectivity index (χ3n) is 4.66. The molecule has 6 nitrogen and oxygen atoms in total. The molecule has 1 saturated heterocycles. The van der Waals surface area contributed by atoms with Crippen LogP contribution in [0.25, 0.3) is 0 Å². The fourth-order valence-corrected chi connectivity index (χ4v) is 3.15. The van der Waals surface area contributed by atoms with E-state index < -0.39 is 0 Å². The van der Waals surface area contributed by atoms with Crippen LogP contribution in [0.3, 0.4) is 0 Å². The second kappa shape index (κ2) is 10.4. The maximum atomic E-state index is 13.1. The predicted molar refractivity (Wildman–Crippen MR) is 102 cm³/mol. The normalized spacial score (nSPS) is 16.7. The van der Waals surface area contributed by atoms with Crippen molar-refractivity contribution in [1.29, 1.82) is 0 Å². The Morgan fingerprint density at radius 1 is 1.27 bits per heavy atom. The standard InChI is InChI=1S/C20H32N2O4/c1-15(2)22(14-16-8-9-21-13-16)20(23)17-6-7-18(25-4)19(12-17)26-11-5-10-24-3/h6-7,12,15-16,21H,5,8-11,13-14H2,1-4H3. The minimum atomic E-state index is 0.0382. The van der Waals surface area contributed by atoms with Crippen LogP contribution in [-0.2, 0) is 4.74 Å². The summed E-state index contributed by atoms with van der Waals surface area (Å²) in [6, 6.07) is 5.55. The highest BCUT2D eigenvalue weighted by Crippen LogP contribution is 2.29. The molecule has 1 unspecified atom stereocenters. The summed E-state index contributed by atoms with van der Waals surface area (Å²) >= 11 is 0. The van der Waals surface area contributed by atoms with Gasteiger partial charge in [0, 0.05) is 38.3 Å². The lowest BCUT2D eigenvalue weighted by atomic mass is 10.1. The molecule has 26 heavy (non-hydrogen) atoms. The smallest absolute Gasteiger partial charge is 0.254 e. The number of nitrogens with zero attached hydrogens (tertiary/aromatic N) is 1. The third kappa shape index (κ3) is 5.61. The highest BCUT2D eigenvalue weighted by atomic mass is 16.5. The van der Waals surface area contributed by atoms with E-state index in [0.29, 0.717) is 36.2 Å². The van der Waals surface area contributed by atoms with Crippen molar-refractivity contribution in [3.8, 4) is 11.5 Å². The van der Waals surface area contributed by atoms with Crippen molar-refractivity contribution in [1.82, 2.24) is 10.2 Å². The van der Waals surface area contributed by atoms with E-state index in [4.69, 9.17) is 14.2 Å². The molecule has 1 atom stereocenters. The van der Waals surface area contributed by atoms with E-state index in [9.17, 15) is 4.79 Å². The minimum absolute atomic E-state index is 0.0382. The molecule has 0 saturated carbocycles. The number of methoxy groups -OCH3 is 2. The first-order valence-electron chi connectivity index (χ1n) is 9.38. The van der Waals surface area contributed by atoms with Gasteiger partial charge in [0.15, 0.2) is 11.5 Å². The van der Waals surface area contributed by atoms with Gasteiger partial charge in [0.25, 0.3) is 5.91 Å². The summed E-state index contributed by atoms with van der Waals surface area (Å²) in [5.74, 6) is 1.79. The molecule has 6 heteroatoms. The number of benzene rings is 1. The minimum Gasteiger partial charge on any atom is -0.493 e. The summed E-state index contributed by atoms with van der Waals surface area (Å²) in [5.41, 5.74) is 0.632. The number of amides is 1. The van der Waals surface area contributed by atoms with Gasteiger partial charge in [-0.25, -0.2) is 0 Å². The van der Waals surface area contributed by atoms with E-state index in [1.165, 1.54) is 0 Å². The molecule has 0 radical (unpaired) electrons. The zero-order valence-electron chi connectivity index (χ0n) is 16.4. The quantitative estimate of drug-likeness (QED) is 0.647. The Hall–Kier alpha value is -1.79. The molecule has 0 bridgehead atoms. The maximum Gasteiger partial charge on any atom is 0.254 e. The van der Waals surface area contributed by atoms with Crippen molar-refractivity contribution in [2.45, 2.75) is 32.7 Å². The molecule has 1 aromatic carbocycles. The molecule has 0 aromatic heterocycles. The largest absolute Gasteiger partial charge is 0.493 e. The van der Waals surface area contributed by atoms with E-state index in [1.54, 1.807) is 26.4 Å². The van der Waals surface area contributed by atoms with Gasteiger partial charge >= 0.3 is 0 Å². The second-order valence-corrected chi connectivity index (χ2v) is 6.97. The summed E-state index contributed by atoms with van der Waals surface area (Å²) in [4.78, 5) is 15.0. The number of hydrogen-bond donors (Lipinski definition) is 1. The fraction of sp³-hybridized carbons (Fsp3) is 0.650. The first-order chi connectivity index (χ1) is 12.6. The number of rotatable bonds is 10. The van der Waals surface area contributed by atoms with E-state index in [1.807, 2.05) is 11.0 Å². The fourth-order valence-electron chi connectivity index (χ4n) is 3.15. The van der Waals surface area contributed by atoms with Gasteiger partial charge < -0.3 is 24.4 Å². The van der Waals surface area contributed by atoms with Crippen LogP contribution in [0.1, 0.15) is 37.0 Å². The second-order valence-electron chi connectivity index (χ2n) is 6.97. The number of ether oxygens (including phenoxy) is 3. The summed E-state index contributed by atoms with van der Waals surface area (Å²) in [6.45, 7) is 8.07. The lowest BCUT2D eigenvalue weighted by Crippen LogP contribution is -2.40. The average Bonchev–Trinajstić information content (AvgIpc) is 3.15. The van der Waals surface area contributed by atoms with Crippen molar-refractivity contribution in [2.24, 2.45) is 5.92 Å². The van der Waals surface area contributed by atoms with Crippen LogP contribution in [0.5, 0.6) is 11.5 Å². The van der Waals surface area contributed by atoms with E-state index in [-0.39, 0.29) is 11.9 Å². The Kier molecular flexibility index (Phi) is 8.19. The van der Waals surface area contributed by atoms with E-state index in [0.717, 1.165) is 32.5 Å². The van der Waals surface area contributed by atoms with Crippen LogP contribution in [-0.4, -0.2) is 63.9 Å². The Balaban J connectivity index is 2.11. The molecule has 0 spiro atoms. The molecule has 0 aliphatic carbocycles. The van der Waals surface area contributed by atoms with Crippen LogP contribution in [0.4, 0.5) is 0 Å². The van der Waals surface area contributed by atoms with Crippen molar-refractivity contribution < 1.29 is 19.0 Å². The summed E-state index contributed by atoms with van der Waals surface area (Å²) < 4.78 is 16.2. The number of hydrogen-bond acceptors (Lipinski definition) is 5. The maximum absolute atomic E-state index is 13.1. The van der Waals surface area contributed by atoms with Gasteiger partial charge in [0.05, 0.1) is 13.7 Å². The average molecular weight is 364 g/mol. The highest BCUT2D eigenvalue weighted by molar-refractivity contribution is 5.95. The van der Waals surface area contributed by atoms with Crippen molar-refractivity contribution in [3.05, 3.63) is 23.8 Å². The van der Waals surface area contributed by atoms with Crippen LogP contribution >= 0.6 is 0 Å². The van der Waals surface area contributed by atoms with Gasteiger partial charge in [0.1, 0.15) is 0 Å². The molecule has 1 heterocycles. The SMILES string of the molecule is COCCCOc1cc(C(=O)N(CC2CCNC2)C(C)C)ccc1OC. The van der Waals surface area contributed by atoms with Gasteiger partial charge in [0.2, 0.25) is 0 Å².